The van der Waals surface area contributed by atoms with Gasteiger partial charge in [-0.15, -0.1) is 12.4 Å². The number of hydrogen-bond donors (Lipinski definition) is 1. The van der Waals surface area contributed by atoms with Crippen molar-refractivity contribution in [3.05, 3.63) is 27.7 Å². The van der Waals surface area contributed by atoms with E-state index in [0.29, 0.717) is 5.69 Å². The molecule has 0 saturated carbocycles. The second-order valence-electron chi connectivity index (χ2n) is 2.94. The molecule has 0 atom stereocenters. The molecule has 0 aliphatic carbocycles. The van der Waals surface area contributed by atoms with Gasteiger partial charge in [0.05, 0.1) is 12.3 Å². The summed E-state index contributed by atoms with van der Waals surface area (Å²) in [6.45, 7) is 2.04. The summed E-state index contributed by atoms with van der Waals surface area (Å²) in [5.74, 6) is -0.227. The third-order valence-corrected chi connectivity index (χ3v) is 2.06. The molecule has 0 fully saturated rings. The Hall–Kier alpha value is -1.00. The predicted octanol–water partition coefficient (Wildman–Crippen LogP) is 0.968. The van der Waals surface area contributed by atoms with E-state index in [1.54, 1.807) is 18.5 Å². The van der Waals surface area contributed by atoms with Crippen LogP contribution in [0.5, 0.6) is 5.75 Å². The van der Waals surface area contributed by atoms with Crippen LogP contribution in [-0.2, 0) is 18.4 Å². The van der Waals surface area contributed by atoms with Crippen molar-refractivity contribution < 1.29 is 9.84 Å². The van der Waals surface area contributed by atoms with Crippen LogP contribution in [0.15, 0.2) is 10.9 Å². The maximum absolute atomic E-state index is 11.2. The van der Waals surface area contributed by atoms with E-state index in [2.05, 4.69) is 0 Å². The minimum absolute atomic E-state index is 0. The van der Waals surface area contributed by atoms with E-state index in [1.165, 1.54) is 13.2 Å². The number of hydrogen-bond acceptors (Lipinski definition) is 3. The number of ether oxygens (including phenoxy) is 1. The molecule has 0 saturated heterocycles. The van der Waals surface area contributed by atoms with Crippen LogP contribution in [0.1, 0.15) is 11.4 Å². The number of halogens is 1. The molecule has 1 aromatic heterocycles. The van der Waals surface area contributed by atoms with Crippen molar-refractivity contribution in [2.75, 3.05) is 7.11 Å². The van der Waals surface area contributed by atoms with Gasteiger partial charge in [0.1, 0.15) is 0 Å². The molecular weight excluding hydrogens is 206 g/mol. The maximum Gasteiger partial charge on any atom is 0.223 e. The van der Waals surface area contributed by atoms with Gasteiger partial charge in [-0.3, -0.25) is 4.79 Å². The SMILES string of the molecule is COCc1c(O)c(=O)cc(C)n1C.Cl. The fourth-order valence-corrected chi connectivity index (χ4v) is 1.17. The summed E-state index contributed by atoms with van der Waals surface area (Å²) in [6.07, 6.45) is 0. The number of methoxy groups -OCH3 is 1. The lowest BCUT2D eigenvalue weighted by molar-refractivity contribution is 0.174. The molecule has 5 heteroatoms. The van der Waals surface area contributed by atoms with Crippen molar-refractivity contribution >= 4 is 12.4 Å². The van der Waals surface area contributed by atoms with Gasteiger partial charge in [-0.1, -0.05) is 0 Å². The zero-order valence-electron chi connectivity index (χ0n) is 8.40. The standard InChI is InChI=1S/C9H13NO3.ClH/c1-6-4-8(11)9(12)7(5-13-3)10(6)2;/h4,12H,5H2,1-3H3;1H. The quantitative estimate of drug-likeness (QED) is 0.807. The minimum Gasteiger partial charge on any atom is -0.503 e. The molecule has 1 heterocycles. The van der Waals surface area contributed by atoms with E-state index in [0.717, 1.165) is 5.69 Å². The number of aromatic hydroxyl groups is 1. The fraction of sp³-hybridized carbons (Fsp3) is 0.444. The highest BCUT2D eigenvalue weighted by molar-refractivity contribution is 5.85. The van der Waals surface area contributed by atoms with Gasteiger partial charge < -0.3 is 14.4 Å². The van der Waals surface area contributed by atoms with Crippen LogP contribution in [0.3, 0.4) is 0 Å². The van der Waals surface area contributed by atoms with E-state index < -0.39 is 0 Å². The number of pyridine rings is 1. The monoisotopic (exact) mass is 219 g/mol. The molecular formula is C9H14ClNO3. The molecule has 1 N–H and O–H groups in total. The Morgan fingerprint density at radius 3 is 2.64 bits per heavy atom. The zero-order valence-corrected chi connectivity index (χ0v) is 9.22. The average Bonchev–Trinajstić information content (AvgIpc) is 2.09. The highest BCUT2D eigenvalue weighted by Gasteiger charge is 2.09. The van der Waals surface area contributed by atoms with Crippen LogP contribution >= 0.6 is 12.4 Å². The van der Waals surface area contributed by atoms with Gasteiger partial charge in [-0.25, -0.2) is 0 Å². The van der Waals surface area contributed by atoms with E-state index in [4.69, 9.17) is 4.74 Å². The van der Waals surface area contributed by atoms with Crippen LogP contribution in [0, 0.1) is 6.92 Å². The summed E-state index contributed by atoms with van der Waals surface area (Å²) in [7, 11) is 3.30. The van der Waals surface area contributed by atoms with Crippen molar-refractivity contribution in [3.63, 3.8) is 0 Å². The first-order chi connectivity index (χ1) is 6.07. The Labute approximate surface area is 88.5 Å². The largest absolute Gasteiger partial charge is 0.503 e. The van der Waals surface area contributed by atoms with Crippen molar-refractivity contribution in [3.8, 4) is 5.75 Å². The molecule has 0 bridgehead atoms. The summed E-state index contributed by atoms with van der Waals surface area (Å²) in [5, 5.41) is 9.42. The summed E-state index contributed by atoms with van der Waals surface area (Å²) >= 11 is 0. The van der Waals surface area contributed by atoms with E-state index in [1.807, 2.05) is 0 Å². The first kappa shape index (κ1) is 13.0. The summed E-state index contributed by atoms with van der Waals surface area (Å²) in [4.78, 5) is 11.2. The maximum atomic E-state index is 11.2. The Bertz CT molecular complexity index is 373. The molecule has 0 unspecified atom stereocenters. The number of rotatable bonds is 2. The van der Waals surface area contributed by atoms with Gasteiger partial charge in [-0.05, 0) is 6.92 Å². The number of aryl methyl sites for hydroxylation is 1. The van der Waals surface area contributed by atoms with Gasteiger partial charge in [0.2, 0.25) is 5.43 Å². The smallest absolute Gasteiger partial charge is 0.223 e. The predicted molar refractivity (Wildman–Crippen MR) is 56.0 cm³/mol. The van der Waals surface area contributed by atoms with Gasteiger partial charge in [0.25, 0.3) is 0 Å². The molecule has 0 aliphatic heterocycles. The van der Waals surface area contributed by atoms with Gasteiger partial charge in [-0.2, -0.15) is 0 Å². The first-order valence-corrected chi connectivity index (χ1v) is 3.95. The van der Waals surface area contributed by atoms with E-state index in [-0.39, 0.29) is 30.2 Å². The van der Waals surface area contributed by atoms with Crippen LogP contribution in [0.25, 0.3) is 0 Å². The van der Waals surface area contributed by atoms with E-state index in [9.17, 15) is 9.90 Å². The second-order valence-corrected chi connectivity index (χ2v) is 2.94. The van der Waals surface area contributed by atoms with E-state index >= 15 is 0 Å². The van der Waals surface area contributed by atoms with Crippen molar-refractivity contribution in [2.24, 2.45) is 7.05 Å². The molecule has 0 spiro atoms. The summed E-state index contributed by atoms with van der Waals surface area (Å²) in [6, 6.07) is 1.40. The molecule has 1 aromatic rings. The zero-order chi connectivity index (χ0) is 10.0. The lowest BCUT2D eigenvalue weighted by atomic mass is 10.2. The van der Waals surface area contributed by atoms with Crippen molar-refractivity contribution in [2.45, 2.75) is 13.5 Å². The Kier molecular flexibility index (Phi) is 4.67. The highest BCUT2D eigenvalue weighted by atomic mass is 35.5. The van der Waals surface area contributed by atoms with Crippen LogP contribution in [0.4, 0.5) is 0 Å². The minimum atomic E-state index is -0.359. The first-order valence-electron chi connectivity index (χ1n) is 3.95. The summed E-state index contributed by atoms with van der Waals surface area (Å²) in [5.41, 5.74) is 0.949. The van der Waals surface area contributed by atoms with Gasteiger partial charge in [0, 0.05) is 25.9 Å². The molecule has 0 aromatic carbocycles. The van der Waals surface area contributed by atoms with Crippen LogP contribution in [-0.4, -0.2) is 16.8 Å². The number of aromatic nitrogens is 1. The molecule has 0 aliphatic rings. The summed E-state index contributed by atoms with van der Waals surface area (Å²) < 4.78 is 6.62. The Morgan fingerprint density at radius 1 is 1.57 bits per heavy atom. The molecule has 1 rings (SSSR count). The average molecular weight is 220 g/mol. The Balaban J connectivity index is 0.00000169. The molecule has 80 valence electrons. The second kappa shape index (κ2) is 5.02. The third-order valence-electron chi connectivity index (χ3n) is 2.06. The third kappa shape index (κ3) is 2.27. The molecule has 4 nitrogen and oxygen atoms in total. The number of nitrogens with zero attached hydrogens (tertiary/aromatic N) is 1. The topological polar surface area (TPSA) is 51.5 Å². The van der Waals surface area contributed by atoms with Crippen LogP contribution < -0.4 is 5.43 Å². The normalized spacial score (nSPS) is 9.64. The van der Waals surface area contributed by atoms with Gasteiger partial charge in [0.15, 0.2) is 5.75 Å². The van der Waals surface area contributed by atoms with Gasteiger partial charge >= 0.3 is 0 Å². The van der Waals surface area contributed by atoms with Crippen molar-refractivity contribution in [1.29, 1.82) is 0 Å². The molecule has 0 amide bonds. The lowest BCUT2D eigenvalue weighted by Gasteiger charge is -2.12. The highest BCUT2D eigenvalue weighted by Crippen LogP contribution is 2.13. The molecule has 0 radical (unpaired) electrons. The van der Waals surface area contributed by atoms with Crippen LogP contribution in [0.2, 0.25) is 0 Å². The Morgan fingerprint density at radius 2 is 2.14 bits per heavy atom. The fourth-order valence-electron chi connectivity index (χ4n) is 1.17. The molecule has 14 heavy (non-hydrogen) atoms. The van der Waals surface area contributed by atoms with Crippen molar-refractivity contribution in [1.82, 2.24) is 4.57 Å². The lowest BCUT2D eigenvalue weighted by Crippen LogP contribution is -2.13.